The first-order chi connectivity index (χ1) is 25.8. The van der Waals surface area contributed by atoms with E-state index in [-0.39, 0.29) is 108 Å². The first kappa shape index (κ1) is 50.3. The second-order valence-corrected chi connectivity index (χ2v) is 11.9. The predicted octanol–water partition coefficient (Wildman–Crippen LogP) is -3.22. The van der Waals surface area contributed by atoms with Gasteiger partial charge in [0.05, 0.1) is 45.0 Å². The number of nitrogens with zero attached hydrogens (tertiary/aromatic N) is 1. The van der Waals surface area contributed by atoms with Crippen molar-refractivity contribution in [3.05, 3.63) is 0 Å². The molecule has 0 bridgehead atoms. The van der Waals surface area contributed by atoms with Crippen LogP contribution in [0.25, 0.3) is 0 Å². The Kier molecular flexibility index (Phi) is 30.5. The van der Waals surface area contributed by atoms with E-state index in [1.165, 1.54) is 4.90 Å². The van der Waals surface area contributed by atoms with Crippen molar-refractivity contribution in [3.8, 4) is 0 Å². The molecule has 0 radical (unpaired) electrons. The highest BCUT2D eigenvalue weighted by Crippen LogP contribution is 2.01. The van der Waals surface area contributed by atoms with Crippen molar-refractivity contribution < 1.29 is 67.5 Å². The molecule has 0 aromatic carbocycles. The lowest BCUT2D eigenvalue weighted by molar-refractivity contribution is -0.143. The zero-order chi connectivity index (χ0) is 40.6. The quantitative estimate of drug-likeness (QED) is 0.0233. The van der Waals surface area contributed by atoms with Gasteiger partial charge in [-0.3, -0.25) is 33.6 Å². The van der Waals surface area contributed by atoms with Crippen LogP contribution in [-0.2, 0) is 57.3 Å². The zero-order valence-corrected chi connectivity index (χ0v) is 32.6. The summed E-state index contributed by atoms with van der Waals surface area (Å²) in [5.74, 6) is -5.63. The molecule has 0 aromatic rings. The van der Waals surface area contributed by atoms with Crippen molar-refractivity contribution in [1.82, 2.24) is 36.8 Å². The molecule has 6 amide bonds. The van der Waals surface area contributed by atoms with Gasteiger partial charge < -0.3 is 66.0 Å². The molecule has 0 saturated heterocycles. The molecule has 310 valence electrons. The molecule has 0 aliphatic heterocycles. The normalized spacial score (nSPS) is 11.8. The summed E-state index contributed by atoms with van der Waals surface area (Å²) in [5.41, 5.74) is 0. The number of nitrogens with one attached hydrogen (secondary N) is 6. The van der Waals surface area contributed by atoms with Gasteiger partial charge in [-0.2, -0.15) is 0 Å². The molecule has 0 fully saturated rings. The number of aliphatic carboxylic acids is 2. The summed E-state index contributed by atoms with van der Waals surface area (Å²) < 4.78 is 21.0. The van der Waals surface area contributed by atoms with Crippen LogP contribution in [0, 0.1) is 0 Å². The first-order valence-electron chi connectivity index (χ1n) is 17.0. The standard InChI is InChI=1S/C31H53BrClN7O14/c1-34-6-10-40(28(45)19-33)11-7-37-30(48)22(3-5-29(46)47)38-26(43)20-53-16-14-51-12-8-35-24(41)4-2-23(31(49)50)39-27(44)21-54-17-15-52-13-9-36-25(42)18-32/h22-23,34H,2-21H2,1H3,(H,35,41)(H,36,42)(H,37,48)(H,38,43)(H,39,44)(H,46,47)(H,49,50)/t22-,23+/m0/s1. The molecule has 0 unspecified atom stereocenters. The van der Waals surface area contributed by atoms with E-state index in [2.05, 4.69) is 47.8 Å². The summed E-state index contributed by atoms with van der Waals surface area (Å²) >= 11 is 8.65. The minimum absolute atomic E-state index is 0.0155. The average Bonchev–Trinajstić information content (AvgIpc) is 3.14. The Morgan fingerprint density at radius 2 is 1.17 bits per heavy atom. The molecule has 2 atom stereocenters. The first-order valence-corrected chi connectivity index (χ1v) is 18.7. The number of carboxylic acids is 2. The van der Waals surface area contributed by atoms with Crippen LogP contribution < -0.4 is 31.9 Å². The molecule has 8 N–H and O–H groups in total. The van der Waals surface area contributed by atoms with Gasteiger partial charge in [-0.1, -0.05) is 15.9 Å². The van der Waals surface area contributed by atoms with Gasteiger partial charge in [-0.25, -0.2) is 4.79 Å². The SMILES string of the molecule is CNCCN(CCNC(=O)[C@H](CCC(=O)O)NC(=O)COCCOCCNC(=O)CC[C@@H](NC(=O)COCCOCCNC(=O)CBr)C(=O)O)C(=O)CCl. The van der Waals surface area contributed by atoms with Crippen molar-refractivity contribution in [2.45, 2.75) is 37.8 Å². The van der Waals surface area contributed by atoms with Crippen LogP contribution in [0.5, 0.6) is 0 Å². The van der Waals surface area contributed by atoms with Crippen LogP contribution in [0.3, 0.4) is 0 Å². The predicted molar refractivity (Wildman–Crippen MR) is 195 cm³/mol. The Morgan fingerprint density at radius 1 is 0.648 bits per heavy atom. The van der Waals surface area contributed by atoms with Crippen molar-refractivity contribution in [1.29, 1.82) is 0 Å². The Hall–Kier alpha value is -3.67. The van der Waals surface area contributed by atoms with E-state index in [1.54, 1.807) is 7.05 Å². The third-order valence-corrected chi connectivity index (χ3v) is 7.58. The zero-order valence-electron chi connectivity index (χ0n) is 30.3. The molecule has 0 heterocycles. The molecule has 0 spiro atoms. The lowest BCUT2D eigenvalue weighted by Gasteiger charge is -2.23. The Morgan fingerprint density at radius 3 is 1.69 bits per heavy atom. The van der Waals surface area contributed by atoms with E-state index in [9.17, 15) is 43.5 Å². The number of halogens is 2. The third kappa shape index (κ3) is 27.9. The summed E-state index contributed by atoms with van der Waals surface area (Å²) in [6.45, 7) is 1.24. The van der Waals surface area contributed by atoms with Gasteiger partial charge in [0.25, 0.3) is 0 Å². The maximum atomic E-state index is 12.7. The van der Waals surface area contributed by atoms with E-state index in [1.807, 2.05) is 0 Å². The minimum atomic E-state index is -1.32. The number of carbonyl (C=O) groups is 8. The highest BCUT2D eigenvalue weighted by molar-refractivity contribution is 9.09. The van der Waals surface area contributed by atoms with Crippen LogP contribution >= 0.6 is 27.5 Å². The van der Waals surface area contributed by atoms with Gasteiger partial charge in [-0.05, 0) is 19.9 Å². The van der Waals surface area contributed by atoms with E-state index >= 15 is 0 Å². The Balaban J connectivity index is 4.27. The molecule has 54 heavy (non-hydrogen) atoms. The number of likely N-dealkylation sites (N-methyl/N-ethyl adjacent to an activating group) is 1. The average molecular weight is 863 g/mol. The van der Waals surface area contributed by atoms with Crippen LogP contribution in [-0.4, -0.2) is 185 Å². The fraction of sp³-hybridized carbons (Fsp3) is 0.742. The number of carboxylic acid groups (broad SMARTS) is 2. The number of hydrogen-bond acceptors (Lipinski definition) is 13. The number of amides is 6. The minimum Gasteiger partial charge on any atom is -0.481 e. The molecule has 0 aliphatic carbocycles. The molecule has 0 saturated carbocycles. The largest absolute Gasteiger partial charge is 0.481 e. The molecule has 21 nitrogen and oxygen atoms in total. The monoisotopic (exact) mass is 861 g/mol. The van der Waals surface area contributed by atoms with Gasteiger partial charge in [0.2, 0.25) is 35.4 Å². The number of hydrogen-bond donors (Lipinski definition) is 8. The maximum absolute atomic E-state index is 12.7. The number of carbonyl (C=O) groups excluding carboxylic acids is 6. The third-order valence-electron chi connectivity index (χ3n) is 6.84. The molecular formula is C31H53BrClN7O14. The molecule has 0 rings (SSSR count). The van der Waals surface area contributed by atoms with Gasteiger partial charge in [0.15, 0.2) is 0 Å². The Bertz CT molecular complexity index is 1170. The maximum Gasteiger partial charge on any atom is 0.326 e. The lowest BCUT2D eigenvalue weighted by Crippen LogP contribution is -2.50. The van der Waals surface area contributed by atoms with E-state index in [0.717, 1.165) is 0 Å². The summed E-state index contributed by atoms with van der Waals surface area (Å²) in [4.78, 5) is 96.3. The van der Waals surface area contributed by atoms with Gasteiger partial charge in [0, 0.05) is 52.1 Å². The van der Waals surface area contributed by atoms with Gasteiger partial charge in [-0.15, -0.1) is 11.6 Å². The van der Waals surface area contributed by atoms with Gasteiger partial charge in [0.1, 0.15) is 31.2 Å². The smallest absolute Gasteiger partial charge is 0.326 e. The second kappa shape index (κ2) is 32.7. The number of rotatable bonds is 34. The molecule has 23 heteroatoms. The Labute approximate surface area is 326 Å². The molecular weight excluding hydrogens is 810 g/mol. The molecule has 0 aliphatic rings. The van der Waals surface area contributed by atoms with Crippen molar-refractivity contribution in [3.63, 3.8) is 0 Å². The van der Waals surface area contributed by atoms with Crippen LogP contribution in [0.1, 0.15) is 25.7 Å². The number of ether oxygens (including phenoxy) is 4. The van der Waals surface area contributed by atoms with E-state index in [0.29, 0.717) is 19.6 Å². The highest BCUT2D eigenvalue weighted by Gasteiger charge is 2.23. The van der Waals surface area contributed by atoms with Crippen LogP contribution in [0.4, 0.5) is 0 Å². The summed E-state index contributed by atoms with van der Waals surface area (Å²) in [6.07, 6.45) is -0.914. The topological polar surface area (TPSA) is 289 Å². The summed E-state index contributed by atoms with van der Waals surface area (Å²) in [5, 5.41) is 34.0. The summed E-state index contributed by atoms with van der Waals surface area (Å²) in [6, 6.07) is -2.47. The van der Waals surface area contributed by atoms with E-state index in [4.69, 9.17) is 35.7 Å². The van der Waals surface area contributed by atoms with Crippen molar-refractivity contribution >= 4 is 74.9 Å². The highest BCUT2D eigenvalue weighted by atomic mass is 79.9. The number of alkyl halides is 2. The lowest BCUT2D eigenvalue weighted by atomic mass is 10.1. The van der Waals surface area contributed by atoms with Gasteiger partial charge >= 0.3 is 11.9 Å². The van der Waals surface area contributed by atoms with E-state index < -0.39 is 60.9 Å². The van der Waals surface area contributed by atoms with Crippen LogP contribution in [0.2, 0.25) is 0 Å². The van der Waals surface area contributed by atoms with Crippen molar-refractivity contribution in [2.24, 2.45) is 0 Å². The van der Waals surface area contributed by atoms with Crippen LogP contribution in [0.15, 0.2) is 0 Å². The van der Waals surface area contributed by atoms with Crippen molar-refractivity contribution in [2.75, 3.05) is 110 Å². The second-order valence-electron chi connectivity index (χ2n) is 11.1. The fourth-order valence-corrected chi connectivity index (χ4v) is 4.47. The molecule has 0 aromatic heterocycles. The fourth-order valence-electron chi connectivity index (χ4n) is 4.10. The summed E-state index contributed by atoms with van der Waals surface area (Å²) in [7, 11) is 1.72.